The Morgan fingerprint density at radius 3 is 1.35 bits per heavy atom. The van der Waals surface area contributed by atoms with E-state index in [9.17, 15) is 0 Å². The van der Waals surface area contributed by atoms with Crippen LogP contribution in [-0.4, -0.2) is 17.2 Å². The second-order valence-corrected chi connectivity index (χ2v) is 20.2. The number of nitrogens with zero attached hydrogens (tertiary/aromatic N) is 2. The Bertz CT molecular complexity index is 3510. The third-order valence-electron chi connectivity index (χ3n) is 13.1. The lowest BCUT2D eigenvalue weighted by Gasteiger charge is -2.34. The molecule has 0 radical (unpaired) electrons. The molecule has 0 aliphatic carbocycles. The first-order chi connectivity index (χ1) is 31.3. The van der Waals surface area contributed by atoms with Crippen LogP contribution in [-0.2, 0) is 0 Å². The van der Waals surface area contributed by atoms with Gasteiger partial charge in [-0.2, -0.15) is 0 Å². The summed E-state index contributed by atoms with van der Waals surface area (Å²) in [6, 6.07) is 94.2. The van der Waals surface area contributed by atoms with Crippen molar-refractivity contribution < 1.29 is 0 Å². The number of para-hydroxylation sites is 3. The minimum Gasteiger partial charge on any atom is -0.309 e. The number of rotatable bonds is 8. The molecule has 12 aromatic rings. The first-order valence-electron chi connectivity index (χ1n) is 21.8. The Labute approximate surface area is 368 Å². The zero-order chi connectivity index (χ0) is 41.7. The fourth-order valence-electron chi connectivity index (χ4n) is 10.4. The van der Waals surface area contributed by atoms with Crippen LogP contribution in [0.3, 0.4) is 0 Å². The molecule has 0 aliphatic rings. The summed E-state index contributed by atoms with van der Waals surface area (Å²) in [5, 5.41) is 10.4. The van der Waals surface area contributed by atoms with Crippen LogP contribution in [0.4, 0.5) is 0 Å². The molecule has 0 fully saturated rings. The summed E-state index contributed by atoms with van der Waals surface area (Å²) in [5.74, 6) is 0. The van der Waals surface area contributed by atoms with Crippen molar-refractivity contribution in [1.82, 2.24) is 9.13 Å². The van der Waals surface area contributed by atoms with E-state index < -0.39 is 8.07 Å². The molecule has 63 heavy (non-hydrogen) atoms. The SMILES string of the molecule is c1ccc(-c2ccccc2-c2ccccc2-n2c3ccccc3c3ccc(-n4c5ccccc5c5cc([Si](c6ccccc6)(c6ccccc6)c6ccccc6)ccc54)cc32)cc1. The van der Waals surface area contributed by atoms with Crippen molar-refractivity contribution in [3.05, 3.63) is 255 Å². The van der Waals surface area contributed by atoms with Gasteiger partial charge in [-0.15, -0.1) is 0 Å². The predicted molar refractivity (Wildman–Crippen MR) is 270 cm³/mol. The minimum atomic E-state index is -2.75. The molecule has 2 aromatic heterocycles. The third-order valence-corrected chi connectivity index (χ3v) is 17.9. The largest absolute Gasteiger partial charge is 0.309 e. The summed E-state index contributed by atoms with van der Waals surface area (Å²) in [6.45, 7) is 0. The first kappa shape index (κ1) is 36.8. The van der Waals surface area contributed by atoms with Crippen molar-refractivity contribution in [2.45, 2.75) is 0 Å². The van der Waals surface area contributed by atoms with Crippen LogP contribution < -0.4 is 20.7 Å². The van der Waals surface area contributed by atoms with E-state index in [1.807, 2.05) is 0 Å². The molecule has 10 aromatic carbocycles. The zero-order valence-corrected chi connectivity index (χ0v) is 35.6. The molecule has 3 heteroatoms. The van der Waals surface area contributed by atoms with Crippen LogP contribution in [0.15, 0.2) is 255 Å². The number of hydrogen-bond donors (Lipinski definition) is 0. The molecule has 2 heterocycles. The number of aromatic nitrogens is 2. The van der Waals surface area contributed by atoms with Crippen LogP contribution in [0.25, 0.3) is 77.2 Å². The quantitative estimate of drug-likeness (QED) is 0.107. The Morgan fingerprint density at radius 2 is 0.714 bits per heavy atom. The van der Waals surface area contributed by atoms with Gasteiger partial charge in [0.25, 0.3) is 0 Å². The van der Waals surface area contributed by atoms with Crippen LogP contribution in [0, 0.1) is 0 Å². The summed E-state index contributed by atoms with van der Waals surface area (Å²) in [7, 11) is -2.75. The minimum absolute atomic E-state index is 1.13. The molecular formula is C60H42N2Si. The molecule has 0 atom stereocenters. The highest BCUT2D eigenvalue weighted by Gasteiger charge is 2.41. The molecule has 0 unspecified atom stereocenters. The lowest BCUT2D eigenvalue weighted by Crippen LogP contribution is -2.74. The topological polar surface area (TPSA) is 9.86 Å². The van der Waals surface area contributed by atoms with Gasteiger partial charge in [-0.05, 0) is 73.8 Å². The summed E-state index contributed by atoms with van der Waals surface area (Å²) in [6.07, 6.45) is 0. The highest BCUT2D eigenvalue weighted by atomic mass is 28.3. The van der Waals surface area contributed by atoms with Crippen molar-refractivity contribution in [2.75, 3.05) is 0 Å². The van der Waals surface area contributed by atoms with Gasteiger partial charge in [0.05, 0.1) is 27.8 Å². The Kier molecular flexibility index (Phi) is 8.87. The third kappa shape index (κ3) is 5.85. The molecule has 0 saturated carbocycles. The molecule has 296 valence electrons. The maximum absolute atomic E-state index is 2.75. The van der Waals surface area contributed by atoms with E-state index in [0.717, 1.165) is 11.4 Å². The predicted octanol–water partition coefficient (Wildman–Crippen LogP) is 12.6. The summed E-state index contributed by atoms with van der Waals surface area (Å²) in [5.41, 5.74) is 11.8. The average Bonchev–Trinajstić information content (AvgIpc) is 3.88. The van der Waals surface area contributed by atoms with Gasteiger partial charge >= 0.3 is 0 Å². The van der Waals surface area contributed by atoms with Crippen LogP contribution >= 0.6 is 0 Å². The maximum Gasteiger partial charge on any atom is 0.179 e. The zero-order valence-electron chi connectivity index (χ0n) is 34.6. The first-order valence-corrected chi connectivity index (χ1v) is 23.8. The van der Waals surface area contributed by atoms with E-state index in [1.165, 1.54) is 86.6 Å². The summed E-state index contributed by atoms with van der Waals surface area (Å²) in [4.78, 5) is 0. The fraction of sp³-hybridized carbons (Fsp3) is 0. The van der Waals surface area contributed by atoms with Crippen LogP contribution in [0.2, 0.25) is 0 Å². The van der Waals surface area contributed by atoms with Crippen molar-refractivity contribution in [2.24, 2.45) is 0 Å². The van der Waals surface area contributed by atoms with E-state index in [1.54, 1.807) is 0 Å². The molecule has 2 nitrogen and oxygen atoms in total. The molecule has 0 bridgehead atoms. The van der Waals surface area contributed by atoms with Crippen LogP contribution in [0.5, 0.6) is 0 Å². The highest BCUT2D eigenvalue weighted by molar-refractivity contribution is 7.20. The van der Waals surface area contributed by atoms with Gasteiger partial charge in [0, 0.05) is 32.8 Å². The smallest absolute Gasteiger partial charge is 0.179 e. The highest BCUT2D eigenvalue weighted by Crippen LogP contribution is 2.41. The monoisotopic (exact) mass is 818 g/mol. The van der Waals surface area contributed by atoms with E-state index in [0.29, 0.717) is 0 Å². The molecule has 12 rings (SSSR count). The molecule has 0 aliphatic heterocycles. The van der Waals surface area contributed by atoms with Crippen molar-refractivity contribution in [1.29, 1.82) is 0 Å². The lowest BCUT2D eigenvalue weighted by molar-refractivity contribution is 1.16. The maximum atomic E-state index is 2.52. The van der Waals surface area contributed by atoms with Crippen molar-refractivity contribution >= 4 is 72.4 Å². The Balaban J connectivity index is 1.10. The van der Waals surface area contributed by atoms with Gasteiger partial charge in [0.2, 0.25) is 0 Å². The molecule has 0 N–H and O–H groups in total. The van der Waals surface area contributed by atoms with Gasteiger partial charge in [0.1, 0.15) is 0 Å². The van der Waals surface area contributed by atoms with Gasteiger partial charge in [-0.25, -0.2) is 0 Å². The molecule has 0 amide bonds. The van der Waals surface area contributed by atoms with Crippen LogP contribution in [0.1, 0.15) is 0 Å². The normalized spacial score (nSPS) is 11.8. The average molecular weight is 819 g/mol. The second-order valence-electron chi connectivity index (χ2n) is 16.4. The lowest BCUT2D eigenvalue weighted by atomic mass is 9.93. The number of fused-ring (bicyclic) bond motifs is 6. The van der Waals surface area contributed by atoms with Crippen molar-refractivity contribution in [3.8, 4) is 33.6 Å². The van der Waals surface area contributed by atoms with E-state index >= 15 is 0 Å². The Hall–Kier alpha value is -7.98. The Morgan fingerprint density at radius 1 is 0.254 bits per heavy atom. The van der Waals surface area contributed by atoms with Gasteiger partial charge in [0.15, 0.2) is 8.07 Å². The van der Waals surface area contributed by atoms with Crippen molar-refractivity contribution in [3.63, 3.8) is 0 Å². The van der Waals surface area contributed by atoms with Gasteiger partial charge in [-0.3, -0.25) is 0 Å². The summed E-state index contributed by atoms with van der Waals surface area (Å²) >= 11 is 0. The number of hydrogen-bond acceptors (Lipinski definition) is 0. The summed E-state index contributed by atoms with van der Waals surface area (Å²) < 4.78 is 4.96. The van der Waals surface area contributed by atoms with E-state index in [-0.39, 0.29) is 0 Å². The number of benzene rings is 10. The van der Waals surface area contributed by atoms with E-state index in [2.05, 4.69) is 264 Å². The second kappa shape index (κ2) is 15.2. The van der Waals surface area contributed by atoms with Gasteiger partial charge < -0.3 is 9.13 Å². The fourth-order valence-corrected chi connectivity index (χ4v) is 15.2. The van der Waals surface area contributed by atoms with E-state index in [4.69, 9.17) is 0 Å². The molecule has 0 spiro atoms. The molecule has 0 saturated heterocycles. The molecular weight excluding hydrogens is 777 g/mol. The standard InChI is InChI=1S/C60H42N2Si/c1-5-21-43(22-6-1)49-29-13-14-30-50(49)51-31-15-19-35-57(51)62-58-36-20-16-32-52(58)54-39-37-44(41-60(54)62)61-56-34-18-17-33-53(56)55-42-48(38-40-59(55)61)63(45-23-7-2-8-24-45,46-25-9-3-10-26-46)47-27-11-4-12-28-47/h1-42H. The van der Waals surface area contributed by atoms with Gasteiger partial charge in [-0.1, -0.05) is 218 Å².